The van der Waals surface area contributed by atoms with Crippen LogP contribution in [0.15, 0.2) is 36.4 Å². The maximum absolute atomic E-state index is 12.4. The molecule has 6 heteroatoms. The topological polar surface area (TPSA) is 9.23 Å². The van der Waals surface area contributed by atoms with E-state index in [1.54, 1.807) is 0 Å². The van der Waals surface area contributed by atoms with Crippen LogP contribution in [0.2, 0.25) is 0 Å². The monoisotopic (exact) mass is 262 g/mol. The van der Waals surface area contributed by atoms with Crippen molar-refractivity contribution in [1.29, 1.82) is 0 Å². The fourth-order valence-electron chi connectivity index (χ4n) is 1.58. The normalized spacial score (nSPS) is 12.1. The van der Waals surface area contributed by atoms with E-state index in [2.05, 4.69) is 4.74 Å². The molecular weight excluding hydrogens is 255 g/mol. The zero-order valence-electron chi connectivity index (χ0n) is 8.84. The van der Waals surface area contributed by atoms with Gasteiger partial charge in [0.2, 0.25) is 0 Å². The third-order valence-electron chi connectivity index (χ3n) is 2.32. The molecule has 0 saturated carbocycles. The van der Waals surface area contributed by atoms with Crippen LogP contribution in [-0.4, -0.2) is 6.36 Å². The van der Waals surface area contributed by atoms with E-state index in [9.17, 15) is 22.0 Å². The fourth-order valence-corrected chi connectivity index (χ4v) is 1.58. The van der Waals surface area contributed by atoms with E-state index < -0.39 is 12.8 Å². The van der Waals surface area contributed by atoms with E-state index in [0.29, 0.717) is 10.8 Å². The number of hydrogen-bond acceptors (Lipinski definition) is 1. The number of ether oxygens (including phenoxy) is 1. The average molecular weight is 262 g/mol. The quantitative estimate of drug-likeness (QED) is 0.714. The molecule has 0 radical (unpaired) electrons. The van der Waals surface area contributed by atoms with Gasteiger partial charge in [0, 0.05) is 5.56 Å². The SMILES string of the molecule is FC(F)c1ccc2cc(OC(F)(F)F)ccc2c1. The second kappa shape index (κ2) is 4.44. The maximum Gasteiger partial charge on any atom is 0.573 e. The van der Waals surface area contributed by atoms with Crippen LogP contribution in [0, 0.1) is 0 Å². The molecule has 96 valence electrons. The summed E-state index contributed by atoms with van der Waals surface area (Å²) in [6, 6.07) is 7.28. The average Bonchev–Trinajstić information content (AvgIpc) is 2.26. The van der Waals surface area contributed by atoms with E-state index in [0.717, 1.165) is 12.1 Å². The van der Waals surface area contributed by atoms with Gasteiger partial charge in [-0.15, -0.1) is 13.2 Å². The second-order valence-corrected chi connectivity index (χ2v) is 3.62. The maximum atomic E-state index is 12.4. The lowest BCUT2D eigenvalue weighted by molar-refractivity contribution is -0.274. The first-order chi connectivity index (χ1) is 8.35. The molecule has 0 N–H and O–H groups in total. The van der Waals surface area contributed by atoms with E-state index in [4.69, 9.17) is 0 Å². The van der Waals surface area contributed by atoms with E-state index in [1.807, 2.05) is 0 Å². The Morgan fingerprint density at radius 3 is 2.11 bits per heavy atom. The molecule has 2 aromatic carbocycles. The molecule has 0 aromatic heterocycles. The predicted molar refractivity (Wildman–Crippen MR) is 55.6 cm³/mol. The summed E-state index contributed by atoms with van der Waals surface area (Å²) >= 11 is 0. The smallest absolute Gasteiger partial charge is 0.406 e. The summed E-state index contributed by atoms with van der Waals surface area (Å²) in [7, 11) is 0. The Kier molecular flexibility index (Phi) is 3.11. The largest absolute Gasteiger partial charge is 0.573 e. The number of hydrogen-bond donors (Lipinski definition) is 0. The highest BCUT2D eigenvalue weighted by molar-refractivity contribution is 5.84. The molecule has 0 saturated heterocycles. The Labute approximate surface area is 98.8 Å². The lowest BCUT2D eigenvalue weighted by Crippen LogP contribution is -2.16. The summed E-state index contributed by atoms with van der Waals surface area (Å²) < 4.78 is 64.6. The first-order valence-electron chi connectivity index (χ1n) is 4.93. The van der Waals surface area contributed by atoms with Gasteiger partial charge in [0.05, 0.1) is 0 Å². The van der Waals surface area contributed by atoms with Gasteiger partial charge in [-0.3, -0.25) is 0 Å². The van der Waals surface area contributed by atoms with Crippen molar-refractivity contribution in [3.8, 4) is 5.75 Å². The minimum absolute atomic E-state index is 0.174. The Hall–Kier alpha value is -1.85. The summed E-state index contributed by atoms with van der Waals surface area (Å²) in [6.07, 6.45) is -7.38. The van der Waals surface area contributed by atoms with Gasteiger partial charge in [0.1, 0.15) is 5.75 Å². The minimum Gasteiger partial charge on any atom is -0.406 e. The fraction of sp³-hybridized carbons (Fsp3) is 0.167. The van der Waals surface area contributed by atoms with Gasteiger partial charge >= 0.3 is 6.36 Å². The Morgan fingerprint density at radius 1 is 0.889 bits per heavy atom. The lowest BCUT2D eigenvalue weighted by Gasteiger charge is -2.10. The van der Waals surface area contributed by atoms with Crippen molar-refractivity contribution in [1.82, 2.24) is 0 Å². The predicted octanol–water partition coefficient (Wildman–Crippen LogP) is 4.68. The molecular formula is C12H7F5O. The van der Waals surface area contributed by atoms with Gasteiger partial charge in [-0.25, -0.2) is 8.78 Å². The standard InChI is InChI=1S/C12H7F5O/c13-11(14)9-2-1-8-6-10(18-12(15,16)17)4-3-7(8)5-9/h1-6,11H. The van der Waals surface area contributed by atoms with E-state index in [-0.39, 0.29) is 11.3 Å². The molecule has 0 aliphatic rings. The van der Waals surface area contributed by atoms with Crippen LogP contribution < -0.4 is 4.74 Å². The van der Waals surface area contributed by atoms with E-state index >= 15 is 0 Å². The highest BCUT2D eigenvalue weighted by atomic mass is 19.4. The molecule has 0 heterocycles. The van der Waals surface area contributed by atoms with Crippen LogP contribution in [0.4, 0.5) is 22.0 Å². The third-order valence-corrected chi connectivity index (χ3v) is 2.32. The highest BCUT2D eigenvalue weighted by Gasteiger charge is 2.31. The van der Waals surface area contributed by atoms with Crippen molar-refractivity contribution in [2.75, 3.05) is 0 Å². The zero-order valence-corrected chi connectivity index (χ0v) is 8.84. The molecule has 0 amide bonds. The molecule has 0 fully saturated rings. The number of rotatable bonds is 2. The number of fused-ring (bicyclic) bond motifs is 1. The molecule has 0 aliphatic heterocycles. The van der Waals surface area contributed by atoms with E-state index in [1.165, 1.54) is 24.3 Å². The first-order valence-corrected chi connectivity index (χ1v) is 4.93. The minimum atomic E-state index is -4.77. The number of alkyl halides is 5. The Balaban J connectivity index is 2.38. The van der Waals surface area contributed by atoms with Crippen LogP contribution in [0.25, 0.3) is 10.8 Å². The third kappa shape index (κ3) is 2.88. The Bertz CT molecular complexity index is 562. The van der Waals surface area contributed by atoms with Crippen molar-refractivity contribution in [2.24, 2.45) is 0 Å². The molecule has 0 aliphatic carbocycles. The summed E-state index contributed by atoms with van der Waals surface area (Å²) in [4.78, 5) is 0. The van der Waals surface area contributed by atoms with Gasteiger partial charge in [-0.05, 0) is 29.0 Å². The van der Waals surface area contributed by atoms with Gasteiger partial charge in [0.25, 0.3) is 6.43 Å². The molecule has 0 atom stereocenters. The molecule has 18 heavy (non-hydrogen) atoms. The second-order valence-electron chi connectivity index (χ2n) is 3.62. The summed E-state index contributed by atoms with van der Waals surface area (Å²) in [5.74, 6) is -0.375. The van der Waals surface area contributed by atoms with Crippen LogP contribution in [0.1, 0.15) is 12.0 Å². The van der Waals surface area contributed by atoms with Crippen LogP contribution in [0.3, 0.4) is 0 Å². The summed E-state index contributed by atoms with van der Waals surface area (Å²) in [6.45, 7) is 0. The molecule has 2 aromatic rings. The van der Waals surface area contributed by atoms with Crippen LogP contribution in [-0.2, 0) is 0 Å². The molecule has 0 bridgehead atoms. The molecule has 0 unspecified atom stereocenters. The summed E-state index contributed by atoms with van der Waals surface area (Å²) in [5.41, 5.74) is -0.174. The lowest BCUT2D eigenvalue weighted by atomic mass is 10.1. The summed E-state index contributed by atoms with van der Waals surface area (Å²) in [5, 5.41) is 0.837. The molecule has 2 rings (SSSR count). The Morgan fingerprint density at radius 2 is 1.50 bits per heavy atom. The van der Waals surface area contributed by atoms with Crippen LogP contribution in [0.5, 0.6) is 5.75 Å². The number of benzene rings is 2. The van der Waals surface area contributed by atoms with Gasteiger partial charge in [-0.1, -0.05) is 18.2 Å². The van der Waals surface area contributed by atoms with Crippen molar-refractivity contribution >= 4 is 10.8 Å². The first kappa shape index (κ1) is 12.6. The molecule has 1 nitrogen and oxygen atoms in total. The molecule has 0 spiro atoms. The van der Waals surface area contributed by atoms with Crippen LogP contribution >= 0.6 is 0 Å². The highest BCUT2D eigenvalue weighted by Crippen LogP contribution is 2.29. The van der Waals surface area contributed by atoms with Crippen molar-refractivity contribution in [3.05, 3.63) is 42.0 Å². The van der Waals surface area contributed by atoms with Crippen molar-refractivity contribution < 1.29 is 26.7 Å². The van der Waals surface area contributed by atoms with Gasteiger partial charge in [-0.2, -0.15) is 0 Å². The zero-order chi connectivity index (χ0) is 13.3. The van der Waals surface area contributed by atoms with Gasteiger partial charge in [0.15, 0.2) is 0 Å². The number of halogens is 5. The van der Waals surface area contributed by atoms with Crippen molar-refractivity contribution in [3.63, 3.8) is 0 Å². The van der Waals surface area contributed by atoms with Gasteiger partial charge < -0.3 is 4.74 Å². The van der Waals surface area contributed by atoms with Crippen molar-refractivity contribution in [2.45, 2.75) is 12.8 Å².